The zero-order chi connectivity index (χ0) is 8.55. The van der Waals surface area contributed by atoms with Gasteiger partial charge in [0.1, 0.15) is 10.4 Å². The molecule has 2 rings (SSSR count). The van der Waals surface area contributed by atoms with Gasteiger partial charge in [-0.2, -0.15) is 0 Å². The number of benzene rings is 1. The molecule has 0 unspecified atom stereocenters. The molecule has 12 heavy (non-hydrogen) atoms. The molecule has 1 N–H and O–H groups in total. The summed E-state index contributed by atoms with van der Waals surface area (Å²) in [5.41, 5.74) is 0.796. The first-order valence-electron chi connectivity index (χ1n) is 3.51. The quantitative estimate of drug-likeness (QED) is 0.698. The van der Waals surface area contributed by atoms with Crippen LogP contribution in [0.5, 0.6) is 5.75 Å². The maximum absolute atomic E-state index is 9.41. The molecule has 0 aliphatic carbocycles. The minimum absolute atomic E-state index is 0.271. The van der Waals surface area contributed by atoms with Gasteiger partial charge in [0.2, 0.25) is 0 Å². The van der Waals surface area contributed by atoms with E-state index in [2.05, 4.69) is 20.9 Å². The van der Waals surface area contributed by atoms with E-state index in [4.69, 9.17) is 0 Å². The van der Waals surface area contributed by atoms with E-state index in [1.807, 2.05) is 18.2 Å². The molecule has 1 heterocycles. The maximum atomic E-state index is 9.41. The summed E-state index contributed by atoms with van der Waals surface area (Å²) in [5, 5.41) is 10.2. The Balaban J connectivity index is 2.86. The molecule has 0 aliphatic heterocycles. The molecule has 0 saturated heterocycles. The van der Waals surface area contributed by atoms with E-state index < -0.39 is 0 Å². The molecule has 0 spiro atoms. The second-order valence-corrected chi connectivity index (χ2v) is 3.29. The van der Waals surface area contributed by atoms with E-state index in [1.54, 1.807) is 12.1 Å². The number of nitrogens with zero attached hydrogens (tertiary/aromatic N) is 1. The van der Waals surface area contributed by atoms with Crippen LogP contribution >= 0.6 is 15.9 Å². The Labute approximate surface area is 78.0 Å². The van der Waals surface area contributed by atoms with Crippen molar-refractivity contribution >= 4 is 26.8 Å². The number of pyridine rings is 1. The molecule has 0 amide bonds. The first-order chi connectivity index (χ1) is 5.77. The third-order valence-corrected chi connectivity index (χ3v) is 2.12. The van der Waals surface area contributed by atoms with Gasteiger partial charge >= 0.3 is 0 Å². The molecule has 1 aromatic heterocycles. The number of rotatable bonds is 0. The Morgan fingerprint density at radius 1 is 1.17 bits per heavy atom. The standard InChI is InChI=1S/C9H6BrNO/c10-9-5-4-6-7(11-9)2-1-3-8(6)12/h1-5,12H. The van der Waals surface area contributed by atoms with Crippen LogP contribution in [0.2, 0.25) is 0 Å². The lowest BCUT2D eigenvalue weighted by Gasteiger charge is -1.98. The number of hydrogen-bond acceptors (Lipinski definition) is 2. The molecule has 0 bridgehead atoms. The minimum atomic E-state index is 0.271. The maximum Gasteiger partial charge on any atom is 0.124 e. The normalized spacial score (nSPS) is 10.4. The Bertz CT molecular complexity index is 428. The highest BCUT2D eigenvalue weighted by Crippen LogP contribution is 2.23. The van der Waals surface area contributed by atoms with E-state index >= 15 is 0 Å². The van der Waals surface area contributed by atoms with Gasteiger partial charge in [0, 0.05) is 5.39 Å². The highest BCUT2D eigenvalue weighted by molar-refractivity contribution is 9.10. The Hall–Kier alpha value is -1.09. The van der Waals surface area contributed by atoms with Crippen molar-refractivity contribution in [1.29, 1.82) is 0 Å². The lowest BCUT2D eigenvalue weighted by Crippen LogP contribution is -1.79. The first kappa shape index (κ1) is 7.55. The first-order valence-corrected chi connectivity index (χ1v) is 4.31. The van der Waals surface area contributed by atoms with Crippen molar-refractivity contribution in [1.82, 2.24) is 4.98 Å². The van der Waals surface area contributed by atoms with Crippen molar-refractivity contribution in [2.24, 2.45) is 0 Å². The van der Waals surface area contributed by atoms with Gasteiger partial charge in [-0.3, -0.25) is 0 Å². The van der Waals surface area contributed by atoms with Crippen LogP contribution in [-0.4, -0.2) is 10.1 Å². The Morgan fingerprint density at radius 2 is 2.00 bits per heavy atom. The summed E-state index contributed by atoms with van der Waals surface area (Å²) in [7, 11) is 0. The van der Waals surface area contributed by atoms with Crippen molar-refractivity contribution in [3.63, 3.8) is 0 Å². The number of phenolic OH excluding ortho intramolecular Hbond substituents is 1. The summed E-state index contributed by atoms with van der Waals surface area (Å²) in [4.78, 5) is 4.19. The minimum Gasteiger partial charge on any atom is -0.507 e. The van der Waals surface area contributed by atoms with Gasteiger partial charge in [0.25, 0.3) is 0 Å². The zero-order valence-electron chi connectivity index (χ0n) is 6.16. The molecule has 2 aromatic rings. The SMILES string of the molecule is Oc1cccc2nc(Br)ccc12. The van der Waals surface area contributed by atoms with E-state index in [9.17, 15) is 5.11 Å². The second-order valence-electron chi connectivity index (χ2n) is 2.48. The van der Waals surface area contributed by atoms with Crippen molar-refractivity contribution in [3.05, 3.63) is 34.9 Å². The topological polar surface area (TPSA) is 33.1 Å². The number of aromatic hydroxyl groups is 1. The molecule has 1 aromatic carbocycles. The number of fused-ring (bicyclic) bond motifs is 1. The lowest BCUT2D eigenvalue weighted by molar-refractivity contribution is 0.481. The Kier molecular flexibility index (Phi) is 1.73. The number of hydrogen-bond donors (Lipinski definition) is 1. The zero-order valence-corrected chi connectivity index (χ0v) is 7.75. The van der Waals surface area contributed by atoms with Gasteiger partial charge in [0.15, 0.2) is 0 Å². The molecule has 60 valence electrons. The summed E-state index contributed by atoms with van der Waals surface area (Å²) < 4.78 is 0.778. The predicted octanol–water partition coefficient (Wildman–Crippen LogP) is 2.70. The fraction of sp³-hybridized carbons (Fsp3) is 0. The molecule has 0 aliphatic rings. The summed E-state index contributed by atoms with van der Waals surface area (Å²) >= 11 is 3.26. The molecule has 2 nitrogen and oxygen atoms in total. The number of aromatic nitrogens is 1. The van der Waals surface area contributed by atoms with Gasteiger partial charge in [-0.15, -0.1) is 0 Å². The highest BCUT2D eigenvalue weighted by atomic mass is 79.9. The molecular weight excluding hydrogens is 218 g/mol. The lowest BCUT2D eigenvalue weighted by atomic mass is 10.2. The van der Waals surface area contributed by atoms with Crippen LogP contribution in [0.3, 0.4) is 0 Å². The van der Waals surface area contributed by atoms with Crippen LogP contribution in [0, 0.1) is 0 Å². The van der Waals surface area contributed by atoms with Crippen molar-refractivity contribution in [3.8, 4) is 5.75 Å². The van der Waals surface area contributed by atoms with Crippen molar-refractivity contribution in [2.75, 3.05) is 0 Å². The second kappa shape index (κ2) is 2.75. The predicted molar refractivity (Wildman–Crippen MR) is 51.1 cm³/mol. The Morgan fingerprint density at radius 3 is 2.83 bits per heavy atom. The fourth-order valence-electron chi connectivity index (χ4n) is 1.11. The summed E-state index contributed by atoms with van der Waals surface area (Å²) in [5.74, 6) is 0.271. The molecule has 0 radical (unpaired) electrons. The average molecular weight is 224 g/mol. The summed E-state index contributed by atoms with van der Waals surface area (Å²) in [6.45, 7) is 0. The monoisotopic (exact) mass is 223 g/mol. The third-order valence-electron chi connectivity index (χ3n) is 1.67. The molecule has 0 fully saturated rings. The molecule has 3 heteroatoms. The van der Waals surface area contributed by atoms with Gasteiger partial charge in [-0.05, 0) is 40.2 Å². The van der Waals surface area contributed by atoms with Crippen molar-refractivity contribution < 1.29 is 5.11 Å². The van der Waals surface area contributed by atoms with E-state index in [0.29, 0.717) is 0 Å². The van der Waals surface area contributed by atoms with E-state index in [-0.39, 0.29) is 5.75 Å². The van der Waals surface area contributed by atoms with Crippen LogP contribution < -0.4 is 0 Å². The van der Waals surface area contributed by atoms with E-state index in [1.165, 1.54) is 0 Å². The number of halogens is 1. The van der Waals surface area contributed by atoms with Gasteiger partial charge in [-0.25, -0.2) is 4.98 Å². The fourth-order valence-corrected chi connectivity index (χ4v) is 1.44. The highest BCUT2D eigenvalue weighted by Gasteiger charge is 1.99. The third kappa shape index (κ3) is 1.16. The van der Waals surface area contributed by atoms with Gasteiger partial charge in [-0.1, -0.05) is 6.07 Å². The summed E-state index contributed by atoms with van der Waals surface area (Å²) in [6, 6.07) is 8.93. The molecule has 0 atom stereocenters. The molecular formula is C9H6BrNO. The van der Waals surface area contributed by atoms with Crippen LogP contribution in [0.15, 0.2) is 34.9 Å². The van der Waals surface area contributed by atoms with Gasteiger partial charge < -0.3 is 5.11 Å². The van der Waals surface area contributed by atoms with E-state index in [0.717, 1.165) is 15.5 Å². The summed E-state index contributed by atoms with van der Waals surface area (Å²) in [6.07, 6.45) is 0. The smallest absolute Gasteiger partial charge is 0.124 e. The van der Waals surface area contributed by atoms with Gasteiger partial charge in [0.05, 0.1) is 5.52 Å². The molecule has 0 saturated carbocycles. The average Bonchev–Trinajstić information content (AvgIpc) is 2.04. The van der Waals surface area contributed by atoms with Crippen LogP contribution in [-0.2, 0) is 0 Å². The van der Waals surface area contributed by atoms with Crippen LogP contribution in [0.4, 0.5) is 0 Å². The largest absolute Gasteiger partial charge is 0.507 e. The number of phenols is 1. The van der Waals surface area contributed by atoms with Crippen LogP contribution in [0.1, 0.15) is 0 Å². The van der Waals surface area contributed by atoms with Crippen LogP contribution in [0.25, 0.3) is 10.9 Å². The van der Waals surface area contributed by atoms with Crippen molar-refractivity contribution in [2.45, 2.75) is 0 Å².